The summed E-state index contributed by atoms with van der Waals surface area (Å²) in [6.45, 7) is 15.2. The number of fused-ring (bicyclic) bond motifs is 1. The molecule has 63 heavy (non-hydrogen) atoms. The Kier molecular flexibility index (Phi) is 11.3. The first-order chi connectivity index (χ1) is 30.3. The van der Waals surface area contributed by atoms with E-state index in [0.717, 1.165) is 92.0 Å². The maximum absolute atomic E-state index is 15.8. The quantitative estimate of drug-likeness (QED) is 0.155. The molecular weight excluding hydrogens is 802 g/mol. The topological polar surface area (TPSA) is 164 Å². The highest BCUT2D eigenvalue weighted by Gasteiger charge is 2.29. The van der Waals surface area contributed by atoms with Crippen LogP contribution in [0.2, 0.25) is 0 Å². The standard InChI is InChI=1S/C46H54FN13O3/c1-29-24-32(6-11-36(29)30(2)49-44(62)39-28-60(54-52-39)46(3,4)5)42-40-12-18-48-59(40)27-38(50-42)37-26-58(53-43(37)47)35-15-19-55(20-16-35)25-31-13-21-56(22-14-31)33-7-9-34(10-8-33)57-23-17-41(61)51-45(57)63/h6-12,18,24,26-28,30-31,35H,13-17,19-23,25H2,1-5H3,(H,49,62)(H,51,61,63)/t30-/m1/s1. The van der Waals surface area contributed by atoms with Crippen molar-refractivity contribution in [3.63, 3.8) is 0 Å². The molecule has 17 heteroatoms. The van der Waals surface area contributed by atoms with Crippen LogP contribution >= 0.6 is 0 Å². The number of rotatable bonds is 10. The number of aryl methyl sites for hydroxylation is 1. The van der Waals surface area contributed by atoms with E-state index < -0.39 is 5.95 Å². The first-order valence-corrected chi connectivity index (χ1v) is 21.9. The first kappa shape index (κ1) is 41.8. The van der Waals surface area contributed by atoms with E-state index in [4.69, 9.17) is 4.98 Å². The van der Waals surface area contributed by atoms with Gasteiger partial charge in [0.1, 0.15) is 0 Å². The number of halogens is 1. The summed E-state index contributed by atoms with van der Waals surface area (Å²) in [4.78, 5) is 48.4. The average Bonchev–Trinajstić information content (AvgIpc) is 4.05. The molecule has 0 unspecified atom stereocenters. The lowest BCUT2D eigenvalue weighted by molar-refractivity contribution is -0.120. The number of carbonyl (C=O) groups is 3. The van der Waals surface area contributed by atoms with Gasteiger partial charge in [0, 0.05) is 68.8 Å². The van der Waals surface area contributed by atoms with Gasteiger partial charge in [0.25, 0.3) is 5.91 Å². The molecule has 1 atom stereocenters. The maximum atomic E-state index is 15.8. The Labute approximate surface area is 365 Å². The van der Waals surface area contributed by atoms with Crippen molar-refractivity contribution in [2.75, 3.05) is 49.1 Å². The van der Waals surface area contributed by atoms with Gasteiger partial charge in [-0.05, 0) is 114 Å². The van der Waals surface area contributed by atoms with E-state index in [0.29, 0.717) is 35.8 Å². The lowest BCUT2D eigenvalue weighted by atomic mass is 9.94. The van der Waals surface area contributed by atoms with Crippen molar-refractivity contribution in [3.05, 3.63) is 96.1 Å². The molecule has 0 bridgehead atoms. The number of urea groups is 1. The number of hydrogen-bond acceptors (Lipinski definition) is 10. The number of carbonyl (C=O) groups excluding carboxylic acids is 3. The van der Waals surface area contributed by atoms with Crippen LogP contribution in [-0.4, -0.2) is 101 Å². The number of benzene rings is 2. The molecule has 16 nitrogen and oxygen atoms in total. The zero-order chi connectivity index (χ0) is 44.0. The molecule has 0 saturated carbocycles. The Hall–Kier alpha value is -6.49. The SMILES string of the molecule is Cc1cc(-c2nc(-c3cn(C4CCN(CC5CCN(c6ccc(N7CCC(=O)NC7=O)cc6)CC5)CC4)nc3F)cn3nccc23)ccc1[C@@H](C)NC(=O)c1cn(C(C)(C)C)nn1. The minimum absolute atomic E-state index is 0.0850. The second-order valence-corrected chi connectivity index (χ2v) is 18.2. The summed E-state index contributed by atoms with van der Waals surface area (Å²) in [5, 5.41) is 22.5. The van der Waals surface area contributed by atoms with Crippen LogP contribution in [0.1, 0.15) is 93.5 Å². The molecule has 0 spiro atoms. The van der Waals surface area contributed by atoms with Crippen molar-refractivity contribution in [1.82, 2.24) is 54.9 Å². The van der Waals surface area contributed by atoms with Crippen LogP contribution in [0.25, 0.3) is 28.0 Å². The van der Waals surface area contributed by atoms with E-state index >= 15 is 4.39 Å². The molecule has 7 heterocycles. The second kappa shape index (κ2) is 17.0. The fourth-order valence-corrected chi connectivity index (χ4v) is 9.11. The molecule has 3 saturated heterocycles. The molecule has 0 radical (unpaired) electrons. The van der Waals surface area contributed by atoms with E-state index in [1.165, 1.54) is 0 Å². The number of nitrogens with zero attached hydrogens (tertiary/aromatic N) is 11. The van der Waals surface area contributed by atoms with Crippen LogP contribution in [0.15, 0.2) is 73.3 Å². The highest BCUT2D eigenvalue weighted by atomic mass is 19.1. The average molecular weight is 856 g/mol. The Morgan fingerprint density at radius 3 is 2.38 bits per heavy atom. The predicted octanol–water partition coefficient (Wildman–Crippen LogP) is 6.54. The van der Waals surface area contributed by atoms with Crippen LogP contribution in [-0.2, 0) is 10.3 Å². The molecule has 3 aliphatic heterocycles. The number of piperidine rings is 2. The van der Waals surface area contributed by atoms with Crippen molar-refractivity contribution in [3.8, 4) is 22.5 Å². The minimum Gasteiger partial charge on any atom is -0.372 e. The summed E-state index contributed by atoms with van der Waals surface area (Å²) in [7, 11) is 0. The van der Waals surface area contributed by atoms with Gasteiger partial charge in [-0.15, -0.1) is 10.2 Å². The Bertz CT molecular complexity index is 2650. The van der Waals surface area contributed by atoms with Crippen LogP contribution in [0, 0.1) is 18.8 Å². The lowest BCUT2D eigenvalue weighted by Crippen LogP contribution is -2.49. The van der Waals surface area contributed by atoms with Crippen LogP contribution in [0.5, 0.6) is 0 Å². The zero-order valence-corrected chi connectivity index (χ0v) is 36.5. The van der Waals surface area contributed by atoms with Gasteiger partial charge < -0.3 is 15.1 Å². The van der Waals surface area contributed by atoms with E-state index in [9.17, 15) is 14.4 Å². The van der Waals surface area contributed by atoms with Crippen molar-refractivity contribution in [1.29, 1.82) is 0 Å². The molecule has 4 amide bonds. The zero-order valence-electron chi connectivity index (χ0n) is 36.5. The Balaban J connectivity index is 0.808. The molecule has 2 N–H and O–H groups in total. The Morgan fingerprint density at radius 2 is 1.68 bits per heavy atom. The molecule has 6 aromatic rings. The molecule has 3 aliphatic rings. The molecule has 0 aliphatic carbocycles. The maximum Gasteiger partial charge on any atom is 0.328 e. The number of amides is 4. The van der Waals surface area contributed by atoms with Gasteiger partial charge in [0.2, 0.25) is 11.9 Å². The largest absolute Gasteiger partial charge is 0.372 e. The molecule has 328 valence electrons. The summed E-state index contributed by atoms with van der Waals surface area (Å²) in [6.07, 6.45) is 11.2. The van der Waals surface area contributed by atoms with Crippen LogP contribution in [0.4, 0.5) is 20.6 Å². The predicted molar refractivity (Wildman–Crippen MR) is 237 cm³/mol. The summed E-state index contributed by atoms with van der Waals surface area (Å²) in [5.41, 5.74) is 6.91. The van der Waals surface area contributed by atoms with Crippen molar-refractivity contribution in [2.24, 2.45) is 5.92 Å². The third-order valence-electron chi connectivity index (χ3n) is 12.8. The van der Waals surface area contributed by atoms with Crippen molar-refractivity contribution in [2.45, 2.75) is 84.3 Å². The minimum atomic E-state index is -0.559. The van der Waals surface area contributed by atoms with Gasteiger partial charge in [-0.25, -0.2) is 19.0 Å². The molecule has 4 aromatic heterocycles. The fourth-order valence-electron chi connectivity index (χ4n) is 9.11. The molecule has 2 aromatic carbocycles. The van der Waals surface area contributed by atoms with E-state index in [1.54, 1.807) is 43.6 Å². The van der Waals surface area contributed by atoms with Crippen LogP contribution in [0.3, 0.4) is 0 Å². The third-order valence-corrected chi connectivity index (χ3v) is 12.8. The molecule has 3 fully saturated rings. The Morgan fingerprint density at radius 1 is 0.937 bits per heavy atom. The summed E-state index contributed by atoms with van der Waals surface area (Å²) < 4.78 is 21.0. The number of anilines is 2. The molecular formula is C46H54FN13O3. The monoisotopic (exact) mass is 855 g/mol. The van der Waals surface area contributed by atoms with Gasteiger partial charge >= 0.3 is 6.03 Å². The summed E-state index contributed by atoms with van der Waals surface area (Å²) >= 11 is 0. The lowest BCUT2D eigenvalue weighted by Gasteiger charge is -2.38. The fraction of sp³-hybridized carbons (Fsp3) is 0.435. The molecule has 9 rings (SSSR count). The van der Waals surface area contributed by atoms with Crippen molar-refractivity contribution < 1.29 is 18.8 Å². The summed E-state index contributed by atoms with van der Waals surface area (Å²) in [6, 6.07) is 15.4. The first-order valence-electron chi connectivity index (χ1n) is 21.9. The number of hydrogen-bond donors (Lipinski definition) is 2. The highest BCUT2D eigenvalue weighted by molar-refractivity contribution is 6.05. The van der Waals surface area contributed by atoms with E-state index in [2.05, 4.69) is 53.1 Å². The van der Waals surface area contributed by atoms with Gasteiger partial charge in [0.15, 0.2) is 5.69 Å². The van der Waals surface area contributed by atoms with Gasteiger partial charge in [-0.1, -0.05) is 17.3 Å². The number of likely N-dealkylation sites (tertiary alicyclic amines) is 1. The van der Waals surface area contributed by atoms with Gasteiger partial charge in [-0.2, -0.15) is 9.49 Å². The normalized spacial score (nSPS) is 17.7. The van der Waals surface area contributed by atoms with Gasteiger partial charge in [-0.3, -0.25) is 24.5 Å². The summed E-state index contributed by atoms with van der Waals surface area (Å²) in [5.74, 6) is -0.485. The highest BCUT2D eigenvalue weighted by Crippen LogP contribution is 2.33. The van der Waals surface area contributed by atoms with Crippen molar-refractivity contribution >= 4 is 34.7 Å². The number of imide groups is 1. The number of aromatic nitrogens is 8. The second-order valence-electron chi connectivity index (χ2n) is 18.2. The third kappa shape index (κ3) is 8.78. The smallest absolute Gasteiger partial charge is 0.328 e. The van der Waals surface area contributed by atoms with Crippen LogP contribution < -0.4 is 20.4 Å². The number of nitrogens with one attached hydrogen (secondary N) is 2. The van der Waals surface area contributed by atoms with Gasteiger partial charge in [0.05, 0.1) is 58.7 Å². The van der Waals surface area contributed by atoms with E-state index in [-0.39, 0.29) is 41.2 Å². The van der Waals surface area contributed by atoms with E-state index in [1.807, 2.05) is 71.0 Å².